The van der Waals surface area contributed by atoms with Gasteiger partial charge in [0.15, 0.2) is 0 Å². The molecule has 0 radical (unpaired) electrons. The van der Waals surface area contributed by atoms with Crippen LogP contribution in [0.4, 0.5) is 5.82 Å². The molecule has 1 amide bonds. The van der Waals surface area contributed by atoms with Crippen LogP contribution < -0.4 is 15.0 Å². The minimum atomic E-state index is -0.133. The zero-order valence-electron chi connectivity index (χ0n) is 20.6. The fourth-order valence-electron chi connectivity index (χ4n) is 4.64. The van der Waals surface area contributed by atoms with Gasteiger partial charge in [-0.1, -0.05) is 6.07 Å². The second-order valence-corrected chi connectivity index (χ2v) is 8.75. The number of hydrogen-bond donors (Lipinski definition) is 1. The lowest BCUT2D eigenvalue weighted by Crippen LogP contribution is -2.44. The molecular formula is C26H32N6O4. The second kappa shape index (κ2) is 11.6. The highest BCUT2D eigenvalue weighted by Gasteiger charge is 2.25. The van der Waals surface area contributed by atoms with Gasteiger partial charge in [0.1, 0.15) is 5.82 Å². The highest BCUT2D eigenvalue weighted by molar-refractivity contribution is 6.06. The molecule has 10 heteroatoms. The first-order valence-electron chi connectivity index (χ1n) is 12.5. The topological polar surface area (TPSA) is 102 Å². The lowest BCUT2D eigenvalue weighted by atomic mass is 10.1. The van der Waals surface area contributed by atoms with E-state index in [1.165, 1.54) is 0 Å². The number of anilines is 1. The quantitative estimate of drug-likeness (QED) is 0.506. The fraction of sp³-hybridized carbons (Fsp3) is 0.462. The summed E-state index contributed by atoms with van der Waals surface area (Å²) in [5.41, 5.74) is 2.34. The Morgan fingerprint density at radius 2 is 1.75 bits per heavy atom. The molecule has 2 aliphatic rings. The predicted octanol–water partition coefficient (Wildman–Crippen LogP) is 2.06. The van der Waals surface area contributed by atoms with Gasteiger partial charge in [0.2, 0.25) is 0 Å². The Morgan fingerprint density at radius 3 is 2.47 bits per heavy atom. The average molecular weight is 493 g/mol. The van der Waals surface area contributed by atoms with Crippen LogP contribution in [0.5, 0.6) is 6.01 Å². The molecule has 36 heavy (non-hydrogen) atoms. The summed E-state index contributed by atoms with van der Waals surface area (Å²) in [7, 11) is 0. The monoisotopic (exact) mass is 492 g/mol. The number of benzene rings is 1. The minimum absolute atomic E-state index is 0.0745. The van der Waals surface area contributed by atoms with Crippen LogP contribution in [0.2, 0.25) is 0 Å². The van der Waals surface area contributed by atoms with Crippen LogP contribution in [0.3, 0.4) is 0 Å². The second-order valence-electron chi connectivity index (χ2n) is 8.75. The molecular weight excluding hydrogens is 460 g/mol. The molecule has 1 unspecified atom stereocenters. The Balaban J connectivity index is 1.33. The zero-order chi connectivity index (χ0) is 24.7. The largest absolute Gasteiger partial charge is 0.464 e. The summed E-state index contributed by atoms with van der Waals surface area (Å²) in [5, 5.41) is 3.97. The van der Waals surface area contributed by atoms with Gasteiger partial charge >= 0.3 is 6.01 Å². The van der Waals surface area contributed by atoms with E-state index in [0.29, 0.717) is 51.2 Å². The van der Waals surface area contributed by atoms with Gasteiger partial charge in [0, 0.05) is 61.6 Å². The number of morpholine rings is 2. The van der Waals surface area contributed by atoms with Gasteiger partial charge in [-0.15, -0.1) is 0 Å². The molecule has 0 aliphatic carbocycles. The third kappa shape index (κ3) is 5.56. The van der Waals surface area contributed by atoms with Crippen molar-refractivity contribution < 1.29 is 19.0 Å². The first-order valence-corrected chi connectivity index (χ1v) is 12.5. The molecule has 5 rings (SSSR count). The summed E-state index contributed by atoms with van der Waals surface area (Å²) in [6.45, 7) is 8.72. The molecule has 0 spiro atoms. The Labute approximate surface area is 210 Å². The fourth-order valence-corrected chi connectivity index (χ4v) is 4.64. The Morgan fingerprint density at radius 1 is 1.03 bits per heavy atom. The summed E-state index contributed by atoms with van der Waals surface area (Å²) in [6.07, 6.45) is 3.55. The summed E-state index contributed by atoms with van der Waals surface area (Å²) < 4.78 is 16.4. The molecule has 2 fully saturated rings. The van der Waals surface area contributed by atoms with Gasteiger partial charge in [0.25, 0.3) is 5.91 Å². The van der Waals surface area contributed by atoms with Gasteiger partial charge in [0.05, 0.1) is 44.6 Å². The molecule has 1 atom stereocenters. The molecule has 2 saturated heterocycles. The molecule has 10 nitrogen and oxygen atoms in total. The van der Waals surface area contributed by atoms with Crippen LogP contribution in [0, 0.1) is 0 Å². The van der Waals surface area contributed by atoms with Gasteiger partial charge in [-0.05, 0) is 31.2 Å². The van der Waals surface area contributed by atoms with Crippen molar-refractivity contribution in [1.82, 2.24) is 25.2 Å². The van der Waals surface area contributed by atoms with Crippen LogP contribution in [0.15, 0.2) is 42.7 Å². The van der Waals surface area contributed by atoms with Gasteiger partial charge in [-0.25, -0.2) is 15.0 Å². The Bertz CT molecular complexity index is 1160. The number of aromatic nitrogens is 3. The summed E-state index contributed by atoms with van der Waals surface area (Å²) >= 11 is 0. The number of pyridine rings is 1. The van der Waals surface area contributed by atoms with E-state index in [0.717, 1.165) is 48.5 Å². The Hall–Kier alpha value is -3.34. The molecule has 190 valence electrons. The molecule has 1 N–H and O–H groups in total. The third-order valence-corrected chi connectivity index (χ3v) is 6.55. The highest BCUT2D eigenvalue weighted by Crippen LogP contribution is 2.24. The number of hydrogen-bond acceptors (Lipinski definition) is 9. The van der Waals surface area contributed by atoms with E-state index in [4.69, 9.17) is 19.2 Å². The molecule has 4 heterocycles. The van der Waals surface area contributed by atoms with E-state index in [-0.39, 0.29) is 11.9 Å². The standard InChI is InChI=1S/C26H32N6O4/c1-2-36-26-28-16-19(17-29-26)23(31-8-12-34-13-9-31)18-27-25(33)21-4-3-5-22-20(21)6-7-24(30-22)32-10-14-35-15-11-32/h3-7,16-17,23H,2,8-15,18H2,1H3,(H,27,33). The molecule has 0 saturated carbocycles. The molecule has 2 aliphatic heterocycles. The van der Waals surface area contributed by atoms with E-state index in [9.17, 15) is 4.79 Å². The number of nitrogens with zero attached hydrogens (tertiary/aromatic N) is 5. The van der Waals surface area contributed by atoms with Crippen LogP contribution in [0.1, 0.15) is 28.9 Å². The molecule has 1 aromatic carbocycles. The van der Waals surface area contributed by atoms with Crippen LogP contribution in [-0.4, -0.2) is 91.5 Å². The maximum Gasteiger partial charge on any atom is 0.316 e. The van der Waals surface area contributed by atoms with Crippen molar-refractivity contribution in [2.45, 2.75) is 13.0 Å². The van der Waals surface area contributed by atoms with Crippen molar-refractivity contribution in [3.8, 4) is 6.01 Å². The van der Waals surface area contributed by atoms with Gasteiger partial charge in [-0.3, -0.25) is 9.69 Å². The molecule has 0 bridgehead atoms. The highest BCUT2D eigenvalue weighted by atomic mass is 16.5. The Kier molecular flexibility index (Phi) is 7.85. The maximum absolute atomic E-state index is 13.3. The van der Waals surface area contributed by atoms with Crippen molar-refractivity contribution >= 4 is 22.6 Å². The van der Waals surface area contributed by atoms with Crippen LogP contribution >= 0.6 is 0 Å². The van der Waals surface area contributed by atoms with Crippen molar-refractivity contribution in [3.63, 3.8) is 0 Å². The summed E-state index contributed by atoms with van der Waals surface area (Å²) in [4.78, 5) is 31.3. The predicted molar refractivity (Wildman–Crippen MR) is 135 cm³/mol. The number of nitrogens with one attached hydrogen (secondary N) is 1. The van der Waals surface area contributed by atoms with Crippen molar-refractivity contribution in [1.29, 1.82) is 0 Å². The van der Waals surface area contributed by atoms with Gasteiger partial charge in [-0.2, -0.15) is 0 Å². The van der Waals surface area contributed by atoms with Gasteiger partial charge < -0.3 is 24.4 Å². The number of amides is 1. The van der Waals surface area contributed by atoms with Crippen molar-refractivity contribution in [2.24, 2.45) is 0 Å². The van der Waals surface area contributed by atoms with Crippen molar-refractivity contribution in [2.75, 3.05) is 70.7 Å². The number of fused-ring (bicyclic) bond motifs is 1. The summed E-state index contributed by atoms with van der Waals surface area (Å²) in [6, 6.07) is 9.93. The minimum Gasteiger partial charge on any atom is -0.464 e. The number of rotatable bonds is 8. The first kappa shape index (κ1) is 24.4. The molecule has 2 aromatic heterocycles. The van der Waals surface area contributed by atoms with Crippen LogP contribution in [0.25, 0.3) is 10.9 Å². The lowest BCUT2D eigenvalue weighted by molar-refractivity contribution is 0.0160. The SMILES string of the molecule is CCOc1ncc(C(CNC(=O)c2cccc3nc(N4CCOCC4)ccc23)N2CCOCC2)cn1. The van der Waals surface area contributed by atoms with E-state index in [2.05, 4.69) is 25.1 Å². The lowest BCUT2D eigenvalue weighted by Gasteiger charge is -2.34. The smallest absolute Gasteiger partial charge is 0.316 e. The maximum atomic E-state index is 13.3. The first-order chi connectivity index (χ1) is 17.7. The van der Waals surface area contributed by atoms with E-state index >= 15 is 0 Å². The normalized spacial score (nSPS) is 17.6. The molecule has 3 aromatic rings. The number of carbonyl (C=O) groups excluding carboxylic acids is 1. The third-order valence-electron chi connectivity index (χ3n) is 6.55. The zero-order valence-corrected chi connectivity index (χ0v) is 20.6. The average Bonchev–Trinajstić information content (AvgIpc) is 2.94. The van der Waals surface area contributed by atoms with Crippen molar-refractivity contribution in [3.05, 3.63) is 53.9 Å². The van der Waals surface area contributed by atoms with E-state index in [1.807, 2.05) is 37.3 Å². The number of carbonyl (C=O) groups is 1. The van der Waals surface area contributed by atoms with Crippen LogP contribution in [-0.2, 0) is 9.47 Å². The number of ether oxygens (including phenoxy) is 3. The summed E-state index contributed by atoms with van der Waals surface area (Å²) in [5.74, 6) is 0.776. The van der Waals surface area contributed by atoms with E-state index in [1.54, 1.807) is 12.4 Å². The van der Waals surface area contributed by atoms with E-state index < -0.39 is 0 Å².